The fourth-order valence-corrected chi connectivity index (χ4v) is 1.29. The Hall–Kier alpha value is -1.49. The van der Waals surface area contributed by atoms with E-state index in [1.165, 1.54) is 6.33 Å². The topological polar surface area (TPSA) is 61.6 Å². The molecule has 1 atom stereocenters. The number of aromatic nitrogens is 2. The first-order valence-electron chi connectivity index (χ1n) is 3.96. The zero-order valence-electron chi connectivity index (χ0n) is 7.47. The average Bonchev–Trinajstić information content (AvgIpc) is 2.12. The van der Waals surface area contributed by atoms with E-state index in [0.29, 0.717) is 11.4 Å². The largest absolute Gasteiger partial charge is 0.369 e. The number of aliphatic hydroxyl groups is 1. The van der Waals surface area contributed by atoms with Crippen LogP contribution in [0.4, 0.5) is 5.82 Å². The maximum absolute atomic E-state index is 9.77. The van der Waals surface area contributed by atoms with Crippen molar-refractivity contribution >= 4 is 12.2 Å². The smallest absolute Gasteiger partial charge is 0.164 e. The molecule has 2 rings (SSSR count). The number of hydrogen-bond donors (Lipinski definition) is 1. The van der Waals surface area contributed by atoms with Crippen LogP contribution in [0.5, 0.6) is 0 Å². The zero-order valence-corrected chi connectivity index (χ0v) is 7.47. The fraction of sp³-hybridized carbons (Fsp3) is 0.375. The number of aliphatic imine (C=N–C) groups is 1. The van der Waals surface area contributed by atoms with Gasteiger partial charge < -0.3 is 10.0 Å². The highest BCUT2D eigenvalue weighted by Crippen LogP contribution is 2.29. The van der Waals surface area contributed by atoms with Crippen LogP contribution in [0, 0.1) is 6.92 Å². The lowest BCUT2D eigenvalue weighted by molar-refractivity contribution is 0.0695. The fourth-order valence-electron chi connectivity index (χ4n) is 1.29. The van der Waals surface area contributed by atoms with Gasteiger partial charge in [-0.25, -0.2) is 15.0 Å². The van der Waals surface area contributed by atoms with Gasteiger partial charge in [-0.15, -0.1) is 0 Å². The van der Waals surface area contributed by atoms with Crippen molar-refractivity contribution in [3.8, 4) is 0 Å². The first-order valence-corrected chi connectivity index (χ1v) is 3.96. The lowest BCUT2D eigenvalue weighted by atomic mass is 10.1. The molecule has 13 heavy (non-hydrogen) atoms. The van der Waals surface area contributed by atoms with Gasteiger partial charge in [0, 0.05) is 7.05 Å². The Kier molecular flexibility index (Phi) is 1.73. The molecule has 0 radical (unpaired) electrons. The van der Waals surface area contributed by atoms with E-state index < -0.39 is 6.23 Å². The van der Waals surface area contributed by atoms with Gasteiger partial charge in [0.05, 0.1) is 17.6 Å². The first kappa shape index (κ1) is 8.12. The highest BCUT2D eigenvalue weighted by atomic mass is 16.3. The summed E-state index contributed by atoms with van der Waals surface area (Å²) in [5.74, 6) is 0.554. The minimum atomic E-state index is -0.686. The third-order valence-electron chi connectivity index (χ3n) is 2.07. The van der Waals surface area contributed by atoms with E-state index in [1.54, 1.807) is 18.3 Å². The van der Waals surface area contributed by atoms with Crippen molar-refractivity contribution in [2.75, 3.05) is 7.05 Å². The van der Waals surface area contributed by atoms with Crippen LogP contribution < -0.4 is 0 Å². The molecule has 1 aliphatic rings. The average molecular weight is 178 g/mol. The van der Waals surface area contributed by atoms with Crippen molar-refractivity contribution in [3.63, 3.8) is 0 Å². The Morgan fingerprint density at radius 3 is 3.00 bits per heavy atom. The van der Waals surface area contributed by atoms with Gasteiger partial charge in [-0.05, 0) is 6.92 Å². The van der Waals surface area contributed by atoms with E-state index in [4.69, 9.17) is 0 Å². The standard InChI is InChI=1S/C8H10N4O/c1-5-6-7(10-3-9-5)11-4-12(2)8(6)13/h3-4,8,13H,1-2H3. The summed E-state index contributed by atoms with van der Waals surface area (Å²) < 4.78 is 0. The molecule has 5 heteroatoms. The third-order valence-corrected chi connectivity index (χ3v) is 2.07. The molecular formula is C8H10N4O. The number of nitrogens with zero attached hydrogens (tertiary/aromatic N) is 4. The number of fused-ring (bicyclic) bond motifs is 1. The Labute approximate surface area is 75.8 Å². The zero-order chi connectivity index (χ0) is 9.42. The number of aliphatic hydroxyl groups excluding tert-OH is 1. The highest BCUT2D eigenvalue weighted by molar-refractivity contribution is 5.65. The van der Waals surface area contributed by atoms with Crippen LogP contribution in [0.1, 0.15) is 17.5 Å². The molecular weight excluding hydrogens is 168 g/mol. The van der Waals surface area contributed by atoms with Gasteiger partial charge in [-0.1, -0.05) is 0 Å². The molecule has 0 bridgehead atoms. The molecule has 0 spiro atoms. The normalized spacial score (nSPS) is 20.2. The molecule has 1 unspecified atom stereocenters. The molecule has 0 amide bonds. The predicted molar refractivity (Wildman–Crippen MR) is 47.6 cm³/mol. The molecule has 0 fully saturated rings. The van der Waals surface area contributed by atoms with E-state index in [-0.39, 0.29) is 0 Å². The van der Waals surface area contributed by atoms with Crippen LogP contribution in [-0.4, -0.2) is 33.4 Å². The van der Waals surface area contributed by atoms with Gasteiger partial charge >= 0.3 is 0 Å². The van der Waals surface area contributed by atoms with Crippen molar-refractivity contribution in [3.05, 3.63) is 17.6 Å². The molecule has 1 aromatic rings. The van der Waals surface area contributed by atoms with Crippen LogP contribution in [0.15, 0.2) is 11.3 Å². The second kappa shape index (κ2) is 2.77. The summed E-state index contributed by atoms with van der Waals surface area (Å²) in [7, 11) is 1.75. The SMILES string of the molecule is Cc1ncnc2c1C(O)N(C)C=N2. The number of aryl methyl sites for hydroxylation is 1. The summed E-state index contributed by atoms with van der Waals surface area (Å²) in [6.07, 6.45) is 2.32. The molecule has 0 saturated heterocycles. The van der Waals surface area contributed by atoms with Gasteiger partial charge in [-0.3, -0.25) is 0 Å². The molecule has 0 saturated carbocycles. The van der Waals surface area contributed by atoms with E-state index in [0.717, 1.165) is 5.69 Å². The maximum atomic E-state index is 9.77. The third kappa shape index (κ3) is 1.17. The van der Waals surface area contributed by atoms with Crippen molar-refractivity contribution < 1.29 is 5.11 Å². The monoisotopic (exact) mass is 178 g/mol. The molecule has 5 nitrogen and oxygen atoms in total. The Bertz CT molecular complexity index is 363. The van der Waals surface area contributed by atoms with E-state index in [9.17, 15) is 5.11 Å². The van der Waals surface area contributed by atoms with Gasteiger partial charge in [0.2, 0.25) is 0 Å². The quantitative estimate of drug-likeness (QED) is 0.624. The summed E-state index contributed by atoms with van der Waals surface area (Å²) >= 11 is 0. The highest BCUT2D eigenvalue weighted by Gasteiger charge is 2.22. The number of hydrogen-bond acceptors (Lipinski definition) is 5. The minimum absolute atomic E-state index is 0.554. The van der Waals surface area contributed by atoms with Crippen LogP contribution in [-0.2, 0) is 0 Å². The van der Waals surface area contributed by atoms with Gasteiger partial charge in [0.1, 0.15) is 6.33 Å². The van der Waals surface area contributed by atoms with Gasteiger partial charge in [0.25, 0.3) is 0 Å². The summed E-state index contributed by atoms with van der Waals surface area (Å²) in [5, 5.41) is 9.77. The predicted octanol–water partition coefficient (Wildman–Crippen LogP) is 0.381. The molecule has 0 aliphatic carbocycles. The Morgan fingerprint density at radius 2 is 2.23 bits per heavy atom. The summed E-state index contributed by atoms with van der Waals surface area (Å²) in [5.41, 5.74) is 1.45. The van der Waals surface area contributed by atoms with Crippen molar-refractivity contribution in [1.29, 1.82) is 0 Å². The Morgan fingerprint density at radius 1 is 1.46 bits per heavy atom. The van der Waals surface area contributed by atoms with E-state index in [1.807, 2.05) is 6.92 Å². The molecule has 0 aromatic carbocycles. The summed E-state index contributed by atoms with van der Waals surface area (Å²) in [4.78, 5) is 13.7. The molecule has 2 heterocycles. The molecule has 1 aromatic heterocycles. The van der Waals surface area contributed by atoms with E-state index in [2.05, 4.69) is 15.0 Å². The number of rotatable bonds is 0. The first-order chi connectivity index (χ1) is 6.20. The maximum Gasteiger partial charge on any atom is 0.164 e. The van der Waals surface area contributed by atoms with Crippen LogP contribution >= 0.6 is 0 Å². The van der Waals surface area contributed by atoms with Crippen molar-refractivity contribution in [1.82, 2.24) is 14.9 Å². The van der Waals surface area contributed by atoms with Crippen LogP contribution in [0.2, 0.25) is 0 Å². The van der Waals surface area contributed by atoms with Crippen LogP contribution in [0.25, 0.3) is 0 Å². The van der Waals surface area contributed by atoms with Crippen molar-refractivity contribution in [2.45, 2.75) is 13.2 Å². The molecule has 68 valence electrons. The van der Waals surface area contributed by atoms with Gasteiger partial charge in [-0.2, -0.15) is 0 Å². The van der Waals surface area contributed by atoms with E-state index >= 15 is 0 Å². The second-order valence-corrected chi connectivity index (χ2v) is 2.98. The second-order valence-electron chi connectivity index (χ2n) is 2.98. The summed E-state index contributed by atoms with van der Waals surface area (Å²) in [6.45, 7) is 1.83. The van der Waals surface area contributed by atoms with Gasteiger partial charge in [0.15, 0.2) is 12.0 Å². The Balaban J connectivity index is 2.60. The minimum Gasteiger partial charge on any atom is -0.369 e. The molecule has 1 N–H and O–H groups in total. The van der Waals surface area contributed by atoms with Crippen LogP contribution in [0.3, 0.4) is 0 Å². The van der Waals surface area contributed by atoms with Crippen molar-refractivity contribution in [2.24, 2.45) is 4.99 Å². The summed E-state index contributed by atoms with van der Waals surface area (Å²) in [6, 6.07) is 0. The molecule has 1 aliphatic heterocycles. The lowest BCUT2D eigenvalue weighted by Crippen LogP contribution is -2.26. The lowest BCUT2D eigenvalue weighted by Gasteiger charge is -2.26.